The third-order valence-corrected chi connectivity index (χ3v) is 6.36. The maximum absolute atomic E-state index is 12.5. The number of nitrogens with one attached hydrogen (secondary N) is 1. The van der Waals surface area contributed by atoms with Gasteiger partial charge in [0.15, 0.2) is 0 Å². The first-order chi connectivity index (χ1) is 12.7. The average Bonchev–Trinajstić information content (AvgIpc) is 2.67. The van der Waals surface area contributed by atoms with E-state index >= 15 is 0 Å². The van der Waals surface area contributed by atoms with Gasteiger partial charge in [0.2, 0.25) is 5.91 Å². The van der Waals surface area contributed by atoms with Gasteiger partial charge in [-0.15, -0.1) is 12.4 Å². The van der Waals surface area contributed by atoms with E-state index in [4.69, 9.17) is 5.73 Å². The number of rotatable bonds is 4. The molecule has 1 amide bonds. The first-order valence-corrected chi connectivity index (χ1v) is 10.2. The zero-order valence-electron chi connectivity index (χ0n) is 15.3. The van der Waals surface area contributed by atoms with E-state index in [1.165, 1.54) is 21.2 Å². The topological polar surface area (TPSA) is 58.4 Å². The minimum Gasteiger partial charge on any atom is -0.353 e. The van der Waals surface area contributed by atoms with Crippen LogP contribution >= 0.6 is 24.2 Å². The molecule has 1 saturated carbocycles. The van der Waals surface area contributed by atoms with Crippen molar-refractivity contribution in [2.75, 3.05) is 11.4 Å². The van der Waals surface area contributed by atoms with Crippen LogP contribution in [0.3, 0.4) is 0 Å². The molecular weight excluding hydrogens is 378 g/mol. The Bertz CT molecular complexity index is 747. The molecule has 3 N–H and O–H groups in total. The van der Waals surface area contributed by atoms with Crippen LogP contribution in [0.5, 0.6) is 0 Å². The van der Waals surface area contributed by atoms with Crippen LogP contribution in [-0.4, -0.2) is 24.5 Å². The molecule has 6 heteroatoms. The van der Waals surface area contributed by atoms with Gasteiger partial charge in [-0.05, 0) is 49.9 Å². The smallest absolute Gasteiger partial charge is 0.222 e. The van der Waals surface area contributed by atoms with Crippen molar-refractivity contribution < 1.29 is 4.79 Å². The molecule has 1 fully saturated rings. The van der Waals surface area contributed by atoms with Crippen LogP contribution in [0.4, 0.5) is 11.4 Å². The molecule has 144 valence electrons. The van der Waals surface area contributed by atoms with E-state index in [0.29, 0.717) is 25.0 Å². The fourth-order valence-corrected chi connectivity index (χ4v) is 4.89. The fourth-order valence-electron chi connectivity index (χ4n) is 3.80. The largest absolute Gasteiger partial charge is 0.353 e. The van der Waals surface area contributed by atoms with Crippen LogP contribution in [0.1, 0.15) is 32.1 Å². The predicted octanol–water partition coefficient (Wildman–Crippen LogP) is 4.49. The number of carbonyl (C=O) groups is 1. The number of halogens is 1. The molecule has 2 aromatic rings. The molecule has 0 saturated heterocycles. The van der Waals surface area contributed by atoms with Gasteiger partial charge in [-0.3, -0.25) is 4.79 Å². The Morgan fingerprint density at radius 2 is 1.56 bits per heavy atom. The minimum atomic E-state index is 0. The fraction of sp³-hybridized carbons (Fsp3) is 0.381. The Kier molecular flexibility index (Phi) is 6.68. The Hall–Kier alpha value is -1.69. The van der Waals surface area contributed by atoms with Gasteiger partial charge in [-0.1, -0.05) is 36.0 Å². The third-order valence-electron chi connectivity index (χ3n) is 5.23. The molecule has 0 aromatic heterocycles. The van der Waals surface area contributed by atoms with Gasteiger partial charge >= 0.3 is 0 Å². The highest BCUT2D eigenvalue weighted by Crippen LogP contribution is 2.47. The van der Waals surface area contributed by atoms with Gasteiger partial charge in [0, 0.05) is 34.8 Å². The summed E-state index contributed by atoms with van der Waals surface area (Å²) in [5, 5.41) is 3.20. The highest BCUT2D eigenvalue weighted by Gasteiger charge is 2.24. The van der Waals surface area contributed by atoms with Crippen molar-refractivity contribution in [3.63, 3.8) is 0 Å². The van der Waals surface area contributed by atoms with Gasteiger partial charge in [0.25, 0.3) is 0 Å². The molecule has 0 unspecified atom stereocenters. The summed E-state index contributed by atoms with van der Waals surface area (Å²) < 4.78 is 0. The Labute approximate surface area is 171 Å². The van der Waals surface area contributed by atoms with Gasteiger partial charge in [0.05, 0.1) is 11.4 Å². The van der Waals surface area contributed by atoms with Crippen molar-refractivity contribution in [3.8, 4) is 0 Å². The molecule has 27 heavy (non-hydrogen) atoms. The monoisotopic (exact) mass is 403 g/mol. The van der Waals surface area contributed by atoms with E-state index in [1.807, 2.05) is 0 Å². The molecule has 2 aliphatic rings. The highest BCUT2D eigenvalue weighted by atomic mass is 35.5. The zero-order chi connectivity index (χ0) is 17.9. The summed E-state index contributed by atoms with van der Waals surface area (Å²) in [5.41, 5.74) is 8.33. The number of nitrogens with two attached hydrogens (primary N) is 1. The molecule has 1 heterocycles. The van der Waals surface area contributed by atoms with E-state index in [9.17, 15) is 4.79 Å². The quantitative estimate of drug-likeness (QED) is 0.789. The summed E-state index contributed by atoms with van der Waals surface area (Å²) in [6.07, 6.45) is 4.51. The molecule has 0 spiro atoms. The number of anilines is 2. The van der Waals surface area contributed by atoms with E-state index in [1.54, 1.807) is 11.8 Å². The number of fused-ring (bicyclic) bond motifs is 2. The van der Waals surface area contributed by atoms with Crippen LogP contribution in [0.2, 0.25) is 0 Å². The van der Waals surface area contributed by atoms with E-state index in [-0.39, 0.29) is 18.3 Å². The Morgan fingerprint density at radius 3 is 2.15 bits per heavy atom. The maximum Gasteiger partial charge on any atom is 0.222 e. The van der Waals surface area contributed by atoms with Crippen LogP contribution in [0.25, 0.3) is 0 Å². The number of para-hydroxylation sites is 2. The maximum atomic E-state index is 12.5. The lowest BCUT2D eigenvalue weighted by Gasteiger charge is -2.33. The lowest BCUT2D eigenvalue weighted by Crippen LogP contribution is -2.41. The van der Waals surface area contributed by atoms with Crippen molar-refractivity contribution in [1.29, 1.82) is 0 Å². The molecule has 0 radical (unpaired) electrons. The van der Waals surface area contributed by atoms with Gasteiger partial charge in [0.1, 0.15) is 0 Å². The SMILES string of the molecule is Cl.NC1CCC(NC(=O)CCN2c3ccccc3Sc3ccccc32)CC1. The van der Waals surface area contributed by atoms with Crippen LogP contribution in [0.15, 0.2) is 58.3 Å². The van der Waals surface area contributed by atoms with E-state index < -0.39 is 0 Å². The van der Waals surface area contributed by atoms with Crippen LogP contribution in [-0.2, 0) is 4.79 Å². The van der Waals surface area contributed by atoms with Crippen molar-refractivity contribution in [1.82, 2.24) is 5.32 Å². The summed E-state index contributed by atoms with van der Waals surface area (Å²) >= 11 is 1.80. The molecule has 2 aromatic carbocycles. The van der Waals surface area contributed by atoms with Crippen molar-refractivity contribution >= 4 is 41.5 Å². The number of benzene rings is 2. The second-order valence-corrected chi connectivity index (χ2v) is 8.20. The second-order valence-electron chi connectivity index (χ2n) is 7.12. The van der Waals surface area contributed by atoms with Gasteiger partial charge < -0.3 is 16.0 Å². The van der Waals surface area contributed by atoms with Crippen LogP contribution < -0.4 is 16.0 Å². The lowest BCUT2D eigenvalue weighted by atomic mass is 9.92. The number of nitrogens with zero attached hydrogens (tertiary/aromatic N) is 1. The minimum absolute atomic E-state index is 0. The van der Waals surface area contributed by atoms with Crippen molar-refractivity contribution in [2.45, 2.75) is 54.0 Å². The molecule has 1 aliphatic carbocycles. The van der Waals surface area contributed by atoms with Gasteiger partial charge in [-0.25, -0.2) is 0 Å². The number of amides is 1. The zero-order valence-corrected chi connectivity index (χ0v) is 16.9. The van der Waals surface area contributed by atoms with Gasteiger partial charge in [-0.2, -0.15) is 0 Å². The Balaban J connectivity index is 0.00000210. The standard InChI is InChI=1S/C21H25N3OS.ClH/c22-15-9-11-16(12-10-15)23-21(25)13-14-24-17-5-1-3-7-19(17)26-20-8-4-2-6-18(20)24;/h1-8,15-16H,9-14,22H2,(H,23,25);1H. The first-order valence-electron chi connectivity index (χ1n) is 9.39. The van der Waals surface area contributed by atoms with Crippen molar-refractivity contribution in [2.24, 2.45) is 5.73 Å². The molecule has 0 bridgehead atoms. The summed E-state index contributed by atoms with van der Waals surface area (Å²) in [7, 11) is 0. The first kappa shape index (κ1) is 20.1. The van der Waals surface area contributed by atoms with Crippen LogP contribution in [0, 0.1) is 0 Å². The third kappa shape index (κ3) is 4.60. The highest BCUT2D eigenvalue weighted by molar-refractivity contribution is 7.99. The summed E-state index contributed by atoms with van der Waals surface area (Å²) in [6.45, 7) is 0.687. The predicted molar refractivity (Wildman–Crippen MR) is 114 cm³/mol. The lowest BCUT2D eigenvalue weighted by molar-refractivity contribution is -0.121. The Morgan fingerprint density at radius 1 is 1.00 bits per heavy atom. The van der Waals surface area contributed by atoms with Crippen molar-refractivity contribution in [3.05, 3.63) is 48.5 Å². The van der Waals surface area contributed by atoms with E-state index in [0.717, 1.165) is 25.7 Å². The number of hydrogen-bond donors (Lipinski definition) is 2. The number of hydrogen-bond acceptors (Lipinski definition) is 4. The summed E-state index contributed by atoms with van der Waals surface area (Å²) in [4.78, 5) is 17.2. The second kappa shape index (κ2) is 9.00. The molecule has 4 rings (SSSR count). The normalized spacial score (nSPS) is 20.9. The molecule has 0 atom stereocenters. The number of carbonyl (C=O) groups excluding carboxylic acids is 1. The molecule has 4 nitrogen and oxygen atoms in total. The average molecular weight is 404 g/mol. The summed E-state index contributed by atoms with van der Waals surface area (Å²) in [5.74, 6) is 0.138. The molecular formula is C21H26ClN3OS. The molecule has 1 aliphatic heterocycles. The van der Waals surface area contributed by atoms with E-state index in [2.05, 4.69) is 58.7 Å². The summed E-state index contributed by atoms with van der Waals surface area (Å²) in [6, 6.07) is 17.4.